The monoisotopic (exact) mass is 296 g/mol. The van der Waals surface area contributed by atoms with Crippen LogP contribution in [0.1, 0.15) is 18.5 Å². The molecule has 1 aliphatic rings. The molecule has 1 unspecified atom stereocenters. The zero-order chi connectivity index (χ0) is 15.1. The number of aromatic amines is 1. The standard InChI is InChI=1S/C13H20N4O4/c18-12(19)11(4-10-6-14-8-16-10)17-13(20)15-5-9-2-1-3-21-7-9/h6,8-9,11H,1-5,7H2,(H,14,16)(H,18,19)(H2,15,17,20)/t9?,11-/m0/s1. The summed E-state index contributed by atoms with van der Waals surface area (Å²) in [6, 6.07) is -1.47. The van der Waals surface area contributed by atoms with Gasteiger partial charge in [-0.25, -0.2) is 14.6 Å². The Bertz CT molecular complexity index is 457. The third-order valence-electron chi connectivity index (χ3n) is 3.39. The van der Waals surface area contributed by atoms with Gasteiger partial charge in [0.2, 0.25) is 0 Å². The van der Waals surface area contributed by atoms with Crippen molar-refractivity contribution in [3.05, 3.63) is 18.2 Å². The molecule has 0 aromatic carbocycles. The quantitative estimate of drug-likeness (QED) is 0.595. The van der Waals surface area contributed by atoms with Crippen LogP contribution in [0.2, 0.25) is 0 Å². The number of hydrogen-bond acceptors (Lipinski definition) is 4. The number of carboxylic acid groups (broad SMARTS) is 1. The SMILES string of the molecule is O=C(NCC1CCCOC1)N[C@@H](Cc1cnc[nH]1)C(=O)O. The molecule has 1 aromatic heterocycles. The Hall–Kier alpha value is -2.09. The lowest BCUT2D eigenvalue weighted by Gasteiger charge is -2.22. The number of carbonyl (C=O) groups is 2. The molecule has 0 bridgehead atoms. The first-order valence-corrected chi connectivity index (χ1v) is 6.97. The van der Waals surface area contributed by atoms with Crippen molar-refractivity contribution in [2.24, 2.45) is 5.92 Å². The number of aromatic nitrogens is 2. The highest BCUT2D eigenvalue weighted by molar-refractivity contribution is 5.82. The van der Waals surface area contributed by atoms with Crippen LogP contribution in [0, 0.1) is 5.92 Å². The van der Waals surface area contributed by atoms with Gasteiger partial charge in [-0.15, -0.1) is 0 Å². The normalized spacial score (nSPS) is 19.7. The molecule has 0 spiro atoms. The number of rotatable bonds is 6. The van der Waals surface area contributed by atoms with Crippen LogP contribution in [0.4, 0.5) is 4.79 Å². The van der Waals surface area contributed by atoms with Gasteiger partial charge in [0.1, 0.15) is 6.04 Å². The molecule has 4 N–H and O–H groups in total. The molecule has 8 heteroatoms. The minimum absolute atomic E-state index is 0.162. The zero-order valence-electron chi connectivity index (χ0n) is 11.7. The van der Waals surface area contributed by atoms with Crippen molar-refractivity contribution in [3.63, 3.8) is 0 Å². The molecule has 2 heterocycles. The number of imidazole rings is 1. The molecule has 2 atom stereocenters. The fourth-order valence-corrected chi connectivity index (χ4v) is 2.23. The Morgan fingerprint density at radius 2 is 2.43 bits per heavy atom. The molecular formula is C13H20N4O4. The van der Waals surface area contributed by atoms with Crippen molar-refractivity contribution in [1.82, 2.24) is 20.6 Å². The van der Waals surface area contributed by atoms with Crippen LogP contribution in [0.15, 0.2) is 12.5 Å². The molecular weight excluding hydrogens is 276 g/mol. The third-order valence-corrected chi connectivity index (χ3v) is 3.39. The van der Waals surface area contributed by atoms with Crippen molar-refractivity contribution < 1.29 is 19.4 Å². The molecule has 2 amide bonds. The summed E-state index contributed by atoms with van der Waals surface area (Å²) in [5.74, 6) is -0.791. The van der Waals surface area contributed by atoms with E-state index in [-0.39, 0.29) is 6.42 Å². The Morgan fingerprint density at radius 3 is 3.05 bits per heavy atom. The maximum Gasteiger partial charge on any atom is 0.326 e. The summed E-state index contributed by atoms with van der Waals surface area (Å²) in [5, 5.41) is 14.3. The van der Waals surface area contributed by atoms with Gasteiger partial charge in [0.25, 0.3) is 0 Å². The van der Waals surface area contributed by atoms with Crippen molar-refractivity contribution in [3.8, 4) is 0 Å². The number of ether oxygens (including phenoxy) is 1. The second kappa shape index (κ2) is 7.63. The molecule has 0 aliphatic carbocycles. The number of H-pyrrole nitrogens is 1. The Labute approximate surface area is 122 Å². The van der Waals surface area contributed by atoms with E-state index in [1.54, 1.807) is 0 Å². The van der Waals surface area contributed by atoms with E-state index < -0.39 is 18.0 Å². The van der Waals surface area contributed by atoms with Gasteiger partial charge < -0.3 is 25.5 Å². The molecule has 1 fully saturated rings. The highest BCUT2D eigenvalue weighted by Gasteiger charge is 2.22. The van der Waals surface area contributed by atoms with Gasteiger partial charge in [-0.2, -0.15) is 0 Å². The number of aliphatic carboxylic acids is 1. The molecule has 0 saturated carbocycles. The van der Waals surface area contributed by atoms with Crippen molar-refractivity contribution >= 4 is 12.0 Å². The average Bonchev–Trinajstić information content (AvgIpc) is 2.98. The first-order valence-electron chi connectivity index (χ1n) is 6.97. The van der Waals surface area contributed by atoms with Gasteiger partial charge in [-0.1, -0.05) is 0 Å². The number of nitrogens with zero attached hydrogens (tertiary/aromatic N) is 1. The van der Waals surface area contributed by atoms with Gasteiger partial charge in [-0.3, -0.25) is 0 Å². The van der Waals surface area contributed by atoms with E-state index >= 15 is 0 Å². The second-order valence-electron chi connectivity index (χ2n) is 5.11. The summed E-state index contributed by atoms with van der Waals surface area (Å²) in [6.07, 6.45) is 5.17. The average molecular weight is 296 g/mol. The summed E-state index contributed by atoms with van der Waals surface area (Å²) >= 11 is 0. The van der Waals surface area contributed by atoms with Gasteiger partial charge >= 0.3 is 12.0 Å². The minimum Gasteiger partial charge on any atom is -0.480 e. The van der Waals surface area contributed by atoms with Gasteiger partial charge in [0.15, 0.2) is 0 Å². The predicted molar refractivity (Wildman–Crippen MR) is 73.8 cm³/mol. The Kier molecular flexibility index (Phi) is 5.56. The number of hydrogen-bond donors (Lipinski definition) is 4. The summed E-state index contributed by atoms with van der Waals surface area (Å²) in [6.45, 7) is 1.90. The fraction of sp³-hybridized carbons (Fsp3) is 0.615. The highest BCUT2D eigenvalue weighted by Crippen LogP contribution is 2.11. The maximum absolute atomic E-state index is 11.8. The summed E-state index contributed by atoms with van der Waals surface area (Å²) in [7, 11) is 0. The van der Waals surface area contributed by atoms with E-state index in [0.717, 1.165) is 19.4 Å². The molecule has 2 rings (SSSR count). The molecule has 1 aromatic rings. The highest BCUT2D eigenvalue weighted by atomic mass is 16.5. The van der Waals surface area contributed by atoms with Crippen molar-refractivity contribution in [1.29, 1.82) is 0 Å². The number of carbonyl (C=O) groups excluding carboxylic acids is 1. The van der Waals surface area contributed by atoms with Gasteiger partial charge in [0.05, 0.1) is 12.9 Å². The first-order chi connectivity index (χ1) is 10.1. The van der Waals surface area contributed by atoms with Gasteiger partial charge in [-0.05, 0) is 18.8 Å². The second-order valence-corrected chi connectivity index (χ2v) is 5.11. The van der Waals surface area contributed by atoms with Crippen LogP contribution < -0.4 is 10.6 Å². The van der Waals surface area contributed by atoms with E-state index in [9.17, 15) is 9.59 Å². The predicted octanol–water partition coefficient (Wildman–Crippen LogP) is 0.131. The summed E-state index contributed by atoms with van der Waals surface area (Å²) in [4.78, 5) is 29.6. The fourth-order valence-electron chi connectivity index (χ4n) is 2.23. The zero-order valence-corrected chi connectivity index (χ0v) is 11.7. The lowest BCUT2D eigenvalue weighted by atomic mass is 10.0. The minimum atomic E-state index is -1.08. The smallest absolute Gasteiger partial charge is 0.326 e. The van der Waals surface area contributed by atoms with Crippen molar-refractivity contribution in [2.45, 2.75) is 25.3 Å². The largest absolute Gasteiger partial charge is 0.480 e. The molecule has 1 saturated heterocycles. The van der Waals surface area contributed by atoms with E-state index in [1.807, 2.05) is 0 Å². The van der Waals surface area contributed by atoms with Crippen LogP contribution in [-0.2, 0) is 16.0 Å². The van der Waals surface area contributed by atoms with Crippen molar-refractivity contribution in [2.75, 3.05) is 19.8 Å². The van der Waals surface area contributed by atoms with E-state index in [1.165, 1.54) is 12.5 Å². The molecule has 21 heavy (non-hydrogen) atoms. The number of amides is 2. The van der Waals surface area contributed by atoms with E-state index in [2.05, 4.69) is 20.6 Å². The first kappa shape index (κ1) is 15.3. The number of nitrogens with one attached hydrogen (secondary N) is 3. The Balaban J connectivity index is 1.76. The molecule has 1 aliphatic heterocycles. The van der Waals surface area contributed by atoms with Crippen LogP contribution in [0.25, 0.3) is 0 Å². The molecule has 0 radical (unpaired) electrons. The van der Waals surface area contributed by atoms with Crippen LogP contribution in [0.3, 0.4) is 0 Å². The lowest BCUT2D eigenvalue weighted by Crippen LogP contribution is -2.48. The molecule has 8 nitrogen and oxygen atoms in total. The van der Waals surface area contributed by atoms with E-state index in [4.69, 9.17) is 9.84 Å². The van der Waals surface area contributed by atoms with E-state index in [0.29, 0.717) is 24.8 Å². The van der Waals surface area contributed by atoms with Gasteiger partial charge in [0, 0.05) is 31.5 Å². The van der Waals surface area contributed by atoms with Crippen LogP contribution >= 0.6 is 0 Å². The maximum atomic E-state index is 11.8. The summed E-state index contributed by atoms with van der Waals surface area (Å²) in [5.41, 5.74) is 0.656. The topological polar surface area (TPSA) is 116 Å². The third kappa shape index (κ3) is 5.07. The lowest BCUT2D eigenvalue weighted by molar-refractivity contribution is -0.139. The Morgan fingerprint density at radius 1 is 1.57 bits per heavy atom. The summed E-state index contributed by atoms with van der Waals surface area (Å²) < 4.78 is 5.33. The molecule has 116 valence electrons. The van der Waals surface area contributed by atoms with Crippen LogP contribution in [0.5, 0.6) is 0 Å². The number of carboxylic acids is 1. The number of urea groups is 1. The van der Waals surface area contributed by atoms with Crippen LogP contribution in [-0.4, -0.2) is 52.9 Å².